The second-order valence-corrected chi connectivity index (χ2v) is 6.35. The summed E-state index contributed by atoms with van der Waals surface area (Å²) in [6.07, 6.45) is 8.43. The van der Waals surface area contributed by atoms with Crippen LogP contribution >= 0.6 is 24.0 Å². The standard InChI is InChI=1S/C15H27N3O.HI/c1-2-16-14(17-10-13-4-3-9-19-13)18-11-15(7-8-15)12-5-6-12;/h12-13H,2-11H2,1H3,(H2,16,17,18);1H. The lowest BCUT2D eigenvalue weighted by molar-refractivity contribution is 0.114. The number of hydrogen-bond donors (Lipinski definition) is 2. The van der Waals surface area contributed by atoms with Gasteiger partial charge in [0.1, 0.15) is 0 Å². The van der Waals surface area contributed by atoms with E-state index in [2.05, 4.69) is 17.6 Å². The SMILES string of the molecule is CCNC(=NCC1(C2CC2)CC1)NCC1CCCO1.I. The van der Waals surface area contributed by atoms with Crippen LogP contribution in [0.25, 0.3) is 0 Å². The molecule has 1 saturated heterocycles. The molecule has 0 bridgehead atoms. The molecule has 116 valence electrons. The van der Waals surface area contributed by atoms with Crippen LogP contribution in [0.4, 0.5) is 0 Å². The van der Waals surface area contributed by atoms with Gasteiger partial charge in [0.15, 0.2) is 5.96 Å². The summed E-state index contributed by atoms with van der Waals surface area (Å²) in [5.74, 6) is 1.96. The molecule has 3 aliphatic rings. The zero-order chi connectivity index (χ0) is 13.1. The Kier molecular flexibility index (Phi) is 5.95. The van der Waals surface area contributed by atoms with Crippen LogP contribution in [0.5, 0.6) is 0 Å². The van der Waals surface area contributed by atoms with Gasteiger partial charge in [-0.3, -0.25) is 4.99 Å². The van der Waals surface area contributed by atoms with E-state index in [-0.39, 0.29) is 24.0 Å². The van der Waals surface area contributed by atoms with E-state index >= 15 is 0 Å². The number of aliphatic imine (C=N–C) groups is 1. The van der Waals surface area contributed by atoms with E-state index in [1.807, 2.05) is 0 Å². The molecule has 1 heterocycles. The first-order valence-electron chi connectivity index (χ1n) is 7.96. The Morgan fingerprint density at radius 3 is 2.60 bits per heavy atom. The van der Waals surface area contributed by atoms with E-state index < -0.39 is 0 Å². The van der Waals surface area contributed by atoms with Crippen LogP contribution in [0.3, 0.4) is 0 Å². The highest BCUT2D eigenvalue weighted by Crippen LogP contribution is 2.61. The molecule has 3 rings (SSSR count). The Morgan fingerprint density at radius 2 is 2.05 bits per heavy atom. The first-order valence-corrected chi connectivity index (χ1v) is 7.96. The van der Waals surface area contributed by atoms with Gasteiger partial charge in [-0.25, -0.2) is 0 Å². The Hall–Kier alpha value is -0.0400. The van der Waals surface area contributed by atoms with Crippen LogP contribution in [0.1, 0.15) is 45.4 Å². The molecule has 1 atom stereocenters. The van der Waals surface area contributed by atoms with Crippen molar-refractivity contribution < 1.29 is 4.74 Å². The van der Waals surface area contributed by atoms with Crippen molar-refractivity contribution in [2.75, 3.05) is 26.2 Å². The summed E-state index contributed by atoms with van der Waals surface area (Å²) in [6.45, 7) is 5.87. The summed E-state index contributed by atoms with van der Waals surface area (Å²) in [7, 11) is 0. The molecule has 1 aliphatic heterocycles. The van der Waals surface area contributed by atoms with Gasteiger partial charge in [-0.2, -0.15) is 0 Å². The van der Waals surface area contributed by atoms with E-state index in [4.69, 9.17) is 9.73 Å². The maximum atomic E-state index is 5.64. The van der Waals surface area contributed by atoms with Gasteiger partial charge in [0, 0.05) is 26.2 Å². The smallest absolute Gasteiger partial charge is 0.191 e. The van der Waals surface area contributed by atoms with Crippen molar-refractivity contribution >= 4 is 29.9 Å². The van der Waals surface area contributed by atoms with Gasteiger partial charge < -0.3 is 15.4 Å². The van der Waals surface area contributed by atoms with E-state index in [0.717, 1.165) is 38.1 Å². The third-order valence-corrected chi connectivity index (χ3v) is 4.75. The molecule has 0 aromatic heterocycles. The molecule has 0 aromatic carbocycles. The summed E-state index contributed by atoms with van der Waals surface area (Å²) in [5.41, 5.74) is 0.589. The number of hydrogen-bond acceptors (Lipinski definition) is 2. The van der Waals surface area contributed by atoms with E-state index in [1.54, 1.807) is 0 Å². The van der Waals surface area contributed by atoms with Gasteiger partial charge in [-0.15, -0.1) is 24.0 Å². The molecule has 0 radical (unpaired) electrons. The third kappa shape index (κ3) is 4.23. The zero-order valence-corrected chi connectivity index (χ0v) is 14.8. The fourth-order valence-corrected chi connectivity index (χ4v) is 3.15. The van der Waals surface area contributed by atoms with Gasteiger partial charge in [-0.05, 0) is 56.8 Å². The van der Waals surface area contributed by atoms with Crippen molar-refractivity contribution in [2.24, 2.45) is 16.3 Å². The molecule has 2 aliphatic carbocycles. The van der Waals surface area contributed by atoms with Crippen molar-refractivity contribution in [3.05, 3.63) is 0 Å². The molecule has 0 spiro atoms. The van der Waals surface area contributed by atoms with Crippen molar-refractivity contribution in [2.45, 2.75) is 51.6 Å². The molecule has 0 amide bonds. The summed E-state index contributed by atoms with van der Waals surface area (Å²) in [4.78, 5) is 4.81. The van der Waals surface area contributed by atoms with E-state index in [1.165, 1.54) is 38.5 Å². The highest BCUT2D eigenvalue weighted by atomic mass is 127. The Morgan fingerprint density at radius 1 is 1.25 bits per heavy atom. The molecule has 2 N–H and O–H groups in total. The molecule has 3 fully saturated rings. The van der Waals surface area contributed by atoms with Crippen molar-refractivity contribution in [3.63, 3.8) is 0 Å². The molecule has 1 unspecified atom stereocenters. The highest BCUT2D eigenvalue weighted by Gasteiger charge is 2.53. The average molecular weight is 393 g/mol. The maximum absolute atomic E-state index is 5.64. The van der Waals surface area contributed by atoms with Gasteiger partial charge in [0.25, 0.3) is 0 Å². The van der Waals surface area contributed by atoms with Crippen molar-refractivity contribution in [1.82, 2.24) is 10.6 Å². The first-order chi connectivity index (χ1) is 9.32. The Labute approximate surface area is 139 Å². The average Bonchev–Trinajstić information content (AvgIpc) is 3.32. The van der Waals surface area contributed by atoms with Crippen LogP contribution in [-0.2, 0) is 4.74 Å². The Balaban J connectivity index is 0.00000147. The normalized spacial score (nSPS) is 27.9. The van der Waals surface area contributed by atoms with Crippen LogP contribution in [-0.4, -0.2) is 38.3 Å². The van der Waals surface area contributed by atoms with Crippen LogP contribution in [0.2, 0.25) is 0 Å². The predicted molar refractivity (Wildman–Crippen MR) is 92.8 cm³/mol. The minimum absolute atomic E-state index is 0. The monoisotopic (exact) mass is 393 g/mol. The van der Waals surface area contributed by atoms with Crippen LogP contribution < -0.4 is 10.6 Å². The lowest BCUT2D eigenvalue weighted by atomic mass is 10.0. The molecular formula is C15H28IN3O. The summed E-state index contributed by atoms with van der Waals surface area (Å²) in [6, 6.07) is 0. The second kappa shape index (κ2) is 7.29. The lowest BCUT2D eigenvalue weighted by Crippen LogP contribution is -2.41. The molecule has 4 nitrogen and oxygen atoms in total. The summed E-state index contributed by atoms with van der Waals surface area (Å²) in [5, 5.41) is 6.79. The fraction of sp³-hybridized carbons (Fsp3) is 0.933. The van der Waals surface area contributed by atoms with Gasteiger partial charge >= 0.3 is 0 Å². The number of nitrogens with zero attached hydrogens (tertiary/aromatic N) is 1. The number of halogens is 1. The second-order valence-electron chi connectivity index (χ2n) is 6.35. The Bertz CT molecular complexity index is 334. The molecule has 2 saturated carbocycles. The predicted octanol–water partition coefficient (Wildman–Crippen LogP) is 2.53. The zero-order valence-electron chi connectivity index (χ0n) is 12.5. The highest BCUT2D eigenvalue weighted by molar-refractivity contribution is 14.0. The summed E-state index contributed by atoms with van der Waals surface area (Å²) < 4.78 is 5.64. The van der Waals surface area contributed by atoms with E-state index in [0.29, 0.717) is 11.5 Å². The topological polar surface area (TPSA) is 45.7 Å². The number of guanidine groups is 1. The first kappa shape index (κ1) is 16.3. The van der Waals surface area contributed by atoms with Gasteiger partial charge in [-0.1, -0.05) is 0 Å². The minimum atomic E-state index is 0. The molecule has 20 heavy (non-hydrogen) atoms. The minimum Gasteiger partial charge on any atom is -0.376 e. The van der Waals surface area contributed by atoms with Crippen LogP contribution in [0.15, 0.2) is 4.99 Å². The van der Waals surface area contributed by atoms with Gasteiger partial charge in [0.2, 0.25) is 0 Å². The summed E-state index contributed by atoms with van der Waals surface area (Å²) >= 11 is 0. The largest absolute Gasteiger partial charge is 0.376 e. The van der Waals surface area contributed by atoms with Crippen molar-refractivity contribution in [3.8, 4) is 0 Å². The number of rotatable bonds is 6. The fourth-order valence-electron chi connectivity index (χ4n) is 3.15. The quantitative estimate of drug-likeness (QED) is 0.414. The van der Waals surface area contributed by atoms with E-state index in [9.17, 15) is 0 Å². The van der Waals surface area contributed by atoms with Crippen molar-refractivity contribution in [1.29, 1.82) is 0 Å². The van der Waals surface area contributed by atoms with Gasteiger partial charge in [0.05, 0.1) is 6.10 Å². The van der Waals surface area contributed by atoms with Crippen LogP contribution in [0, 0.1) is 11.3 Å². The molecular weight excluding hydrogens is 365 g/mol. The third-order valence-electron chi connectivity index (χ3n) is 4.75. The molecule has 0 aromatic rings. The molecule has 5 heteroatoms. The number of ether oxygens (including phenoxy) is 1. The number of nitrogens with one attached hydrogen (secondary N) is 2. The maximum Gasteiger partial charge on any atom is 0.191 e. The lowest BCUT2D eigenvalue weighted by Gasteiger charge is -2.16.